The Bertz CT molecular complexity index is 840. The van der Waals surface area contributed by atoms with Gasteiger partial charge in [-0.1, -0.05) is 41.7 Å². The third-order valence-corrected chi connectivity index (χ3v) is 4.39. The predicted octanol–water partition coefficient (Wildman–Crippen LogP) is 1.43. The topological polar surface area (TPSA) is 57.7 Å². The molecule has 0 spiro atoms. The number of fused-ring (bicyclic) bond motifs is 1. The summed E-state index contributed by atoms with van der Waals surface area (Å²) in [7, 11) is 1.63. The molecule has 0 amide bonds. The molecule has 0 aliphatic rings. The lowest BCUT2D eigenvalue weighted by Crippen LogP contribution is -2.43. The average molecular weight is 316 g/mol. The van der Waals surface area contributed by atoms with Crippen LogP contribution in [0.1, 0.15) is 6.42 Å². The smallest absolute Gasteiger partial charge is 0.350 e. The summed E-state index contributed by atoms with van der Waals surface area (Å²) in [4.78, 5) is 13.3. The highest BCUT2D eigenvalue weighted by atomic mass is 32.1. The number of hydrogen-bond acceptors (Lipinski definition) is 4. The van der Waals surface area contributed by atoms with E-state index < -0.39 is 0 Å². The van der Waals surface area contributed by atoms with Gasteiger partial charge in [0.2, 0.25) is 0 Å². The highest BCUT2D eigenvalue weighted by Gasteiger charge is 2.20. The first-order valence-corrected chi connectivity index (χ1v) is 7.89. The molecule has 0 saturated heterocycles. The van der Waals surface area contributed by atoms with E-state index in [0.29, 0.717) is 23.7 Å². The van der Waals surface area contributed by atoms with Gasteiger partial charge in [0, 0.05) is 25.5 Å². The third kappa shape index (κ3) is 2.51. The fraction of sp³-hybridized carbons (Fsp3) is 0.250. The van der Waals surface area contributed by atoms with Crippen molar-refractivity contribution >= 4 is 16.3 Å². The zero-order valence-electron chi connectivity index (χ0n) is 12.2. The van der Waals surface area contributed by atoms with E-state index in [9.17, 15) is 9.90 Å². The van der Waals surface area contributed by atoms with E-state index in [1.165, 1.54) is 11.3 Å². The molecule has 0 unspecified atom stereocenters. The van der Waals surface area contributed by atoms with Crippen LogP contribution in [0, 0.1) is 0 Å². The van der Waals surface area contributed by atoms with Crippen LogP contribution in [-0.4, -0.2) is 18.1 Å². The largest absolute Gasteiger partial charge is 0.842 e. The molecule has 0 aliphatic heterocycles. The Morgan fingerprint density at radius 1 is 1.32 bits per heavy atom. The minimum absolute atomic E-state index is 0.217. The molecule has 0 aliphatic carbocycles. The number of thiazole rings is 1. The van der Waals surface area contributed by atoms with Crippen LogP contribution < -0.4 is 15.2 Å². The first-order valence-electron chi connectivity index (χ1n) is 7.01. The molecule has 1 aromatic carbocycles. The number of benzene rings is 1. The van der Waals surface area contributed by atoms with Gasteiger partial charge in [-0.2, -0.15) is 4.40 Å². The maximum absolute atomic E-state index is 12.8. The first-order chi connectivity index (χ1) is 10.7. The summed E-state index contributed by atoms with van der Waals surface area (Å²) in [6.45, 7) is 1.10. The number of aryl methyl sites for hydroxylation is 1. The lowest BCUT2D eigenvalue weighted by Gasteiger charge is -2.15. The van der Waals surface area contributed by atoms with E-state index in [0.717, 1.165) is 6.42 Å². The van der Waals surface area contributed by atoms with E-state index >= 15 is 0 Å². The average Bonchev–Trinajstić information content (AvgIpc) is 3.01. The van der Waals surface area contributed by atoms with Crippen molar-refractivity contribution in [3.8, 4) is 17.0 Å². The zero-order valence-corrected chi connectivity index (χ0v) is 13.0. The van der Waals surface area contributed by atoms with Gasteiger partial charge in [0.1, 0.15) is 11.8 Å². The van der Waals surface area contributed by atoms with Crippen molar-refractivity contribution in [2.24, 2.45) is 0 Å². The molecule has 2 heterocycles. The van der Waals surface area contributed by atoms with Crippen molar-refractivity contribution < 1.29 is 14.4 Å². The Labute approximate surface area is 131 Å². The first kappa shape index (κ1) is 14.7. The number of aromatic nitrogens is 2. The molecular formula is C16H16N2O3S. The van der Waals surface area contributed by atoms with E-state index in [-0.39, 0.29) is 17.0 Å². The summed E-state index contributed by atoms with van der Waals surface area (Å²) < 4.78 is 8.26. The van der Waals surface area contributed by atoms with E-state index in [1.54, 1.807) is 34.4 Å². The number of nitrogens with zero attached hydrogens (tertiary/aromatic N) is 2. The fourth-order valence-electron chi connectivity index (χ4n) is 2.47. The SMILES string of the molecule is COCCC[n+]1c([O-])c(-c2ccccc2)c(=O)n2ccsc21. The molecule has 0 N–H and O–H groups in total. The molecule has 2 aromatic heterocycles. The van der Waals surface area contributed by atoms with Gasteiger partial charge < -0.3 is 9.84 Å². The molecule has 5 nitrogen and oxygen atoms in total. The van der Waals surface area contributed by atoms with Gasteiger partial charge in [-0.15, -0.1) is 0 Å². The van der Waals surface area contributed by atoms with E-state index in [2.05, 4.69) is 0 Å². The number of methoxy groups -OCH3 is 1. The summed E-state index contributed by atoms with van der Waals surface area (Å²) >= 11 is 1.39. The summed E-state index contributed by atoms with van der Waals surface area (Å²) in [5, 5.41) is 14.6. The van der Waals surface area contributed by atoms with Crippen molar-refractivity contribution in [3.63, 3.8) is 0 Å². The standard InChI is InChI=1S/C16H16N2O3S/c1-21-10-5-8-17-14(19)13(12-6-3-2-4-7-12)15(20)18-9-11-22-16(17)18/h2-4,6-7,9,11H,5,8,10H2,1H3. The van der Waals surface area contributed by atoms with Crippen LogP contribution in [-0.2, 0) is 11.3 Å². The molecule has 114 valence electrons. The van der Waals surface area contributed by atoms with E-state index in [4.69, 9.17) is 4.74 Å². The molecule has 0 radical (unpaired) electrons. The highest BCUT2D eigenvalue weighted by molar-refractivity contribution is 7.14. The summed E-state index contributed by atoms with van der Waals surface area (Å²) in [5.41, 5.74) is 0.600. The van der Waals surface area contributed by atoms with Crippen LogP contribution in [0.25, 0.3) is 16.1 Å². The minimum atomic E-state index is -0.268. The van der Waals surface area contributed by atoms with Crippen molar-refractivity contribution in [1.29, 1.82) is 0 Å². The Kier molecular flexibility index (Phi) is 4.22. The fourth-order valence-corrected chi connectivity index (χ4v) is 3.33. The Balaban J connectivity index is 2.22. The second kappa shape index (κ2) is 6.29. The Morgan fingerprint density at radius 2 is 2.09 bits per heavy atom. The molecule has 6 heteroatoms. The Hall–Kier alpha value is -2.18. The molecular weight excluding hydrogens is 300 g/mol. The highest BCUT2D eigenvalue weighted by Crippen LogP contribution is 2.22. The monoisotopic (exact) mass is 316 g/mol. The summed E-state index contributed by atoms with van der Waals surface area (Å²) in [5.74, 6) is -0.241. The predicted molar refractivity (Wildman–Crippen MR) is 83.1 cm³/mol. The zero-order chi connectivity index (χ0) is 15.5. The Morgan fingerprint density at radius 3 is 2.82 bits per heavy atom. The van der Waals surface area contributed by atoms with Crippen LogP contribution in [0.4, 0.5) is 0 Å². The molecule has 0 bridgehead atoms. The van der Waals surface area contributed by atoms with Gasteiger partial charge in [-0.05, 0) is 5.56 Å². The van der Waals surface area contributed by atoms with Crippen molar-refractivity contribution in [2.45, 2.75) is 13.0 Å². The van der Waals surface area contributed by atoms with Crippen molar-refractivity contribution in [1.82, 2.24) is 4.40 Å². The van der Waals surface area contributed by atoms with Crippen LogP contribution in [0.15, 0.2) is 46.7 Å². The molecule has 22 heavy (non-hydrogen) atoms. The maximum Gasteiger partial charge on any atom is 0.350 e. The van der Waals surface area contributed by atoms with Gasteiger partial charge in [0.15, 0.2) is 0 Å². The maximum atomic E-state index is 12.8. The van der Waals surface area contributed by atoms with Crippen molar-refractivity contribution in [3.05, 3.63) is 52.3 Å². The number of rotatable bonds is 5. The van der Waals surface area contributed by atoms with Gasteiger partial charge in [0.25, 0.3) is 0 Å². The van der Waals surface area contributed by atoms with Gasteiger partial charge in [0.05, 0.1) is 12.4 Å². The molecule has 0 fully saturated rings. The molecule has 3 aromatic rings. The van der Waals surface area contributed by atoms with E-state index in [1.807, 2.05) is 23.6 Å². The van der Waals surface area contributed by atoms with Crippen LogP contribution in [0.5, 0.6) is 5.88 Å². The lowest BCUT2D eigenvalue weighted by atomic mass is 10.1. The van der Waals surface area contributed by atoms with Crippen LogP contribution in [0.2, 0.25) is 0 Å². The number of ether oxygens (including phenoxy) is 1. The second-order valence-electron chi connectivity index (χ2n) is 4.90. The summed E-state index contributed by atoms with van der Waals surface area (Å²) in [6, 6.07) is 9.09. The van der Waals surface area contributed by atoms with Crippen LogP contribution >= 0.6 is 11.3 Å². The summed E-state index contributed by atoms with van der Waals surface area (Å²) in [6.07, 6.45) is 2.43. The normalized spacial score (nSPS) is 11.1. The molecule has 0 saturated carbocycles. The minimum Gasteiger partial charge on any atom is -0.842 e. The van der Waals surface area contributed by atoms with Crippen LogP contribution in [0.3, 0.4) is 0 Å². The lowest BCUT2D eigenvalue weighted by molar-refractivity contribution is -0.714. The third-order valence-electron chi connectivity index (χ3n) is 3.50. The number of hydrogen-bond donors (Lipinski definition) is 0. The van der Waals surface area contributed by atoms with Gasteiger partial charge >= 0.3 is 10.5 Å². The van der Waals surface area contributed by atoms with Gasteiger partial charge in [-0.25, -0.2) is 9.36 Å². The quantitative estimate of drug-likeness (QED) is 0.528. The second-order valence-corrected chi connectivity index (χ2v) is 5.78. The van der Waals surface area contributed by atoms with Gasteiger partial charge in [-0.3, -0.25) is 0 Å². The molecule has 0 atom stereocenters. The van der Waals surface area contributed by atoms with Crippen molar-refractivity contribution in [2.75, 3.05) is 13.7 Å². The molecule has 3 rings (SSSR count).